The van der Waals surface area contributed by atoms with Crippen LogP contribution >= 0.6 is 0 Å². The number of benzene rings is 1. The highest BCUT2D eigenvalue weighted by molar-refractivity contribution is 5.45. The van der Waals surface area contributed by atoms with Crippen LogP contribution in [0.4, 0.5) is 5.69 Å². The number of likely N-dealkylation sites (tertiary alicyclic amines) is 1. The quantitative estimate of drug-likeness (QED) is 0.803. The van der Waals surface area contributed by atoms with Crippen molar-refractivity contribution < 1.29 is 0 Å². The van der Waals surface area contributed by atoms with Crippen molar-refractivity contribution in [1.82, 2.24) is 4.90 Å². The molecule has 100 valence electrons. The molecule has 0 amide bonds. The van der Waals surface area contributed by atoms with Gasteiger partial charge in [-0.2, -0.15) is 0 Å². The van der Waals surface area contributed by atoms with Gasteiger partial charge in [0.2, 0.25) is 0 Å². The van der Waals surface area contributed by atoms with Crippen LogP contribution in [0.2, 0.25) is 0 Å². The van der Waals surface area contributed by atoms with Gasteiger partial charge in [-0.1, -0.05) is 25.5 Å². The van der Waals surface area contributed by atoms with E-state index in [0.29, 0.717) is 0 Å². The lowest BCUT2D eigenvalue weighted by molar-refractivity contribution is 0.165. The molecule has 1 heterocycles. The molecule has 18 heavy (non-hydrogen) atoms. The van der Waals surface area contributed by atoms with Gasteiger partial charge in [-0.15, -0.1) is 0 Å². The number of hydrogen-bond acceptors (Lipinski definition) is 2. The lowest BCUT2D eigenvalue weighted by Crippen LogP contribution is -2.34. The fourth-order valence-electron chi connectivity index (χ4n) is 2.79. The van der Waals surface area contributed by atoms with Crippen LogP contribution in [0.1, 0.15) is 31.7 Å². The van der Waals surface area contributed by atoms with Crippen LogP contribution in [0.5, 0.6) is 0 Å². The van der Waals surface area contributed by atoms with Crippen LogP contribution in [0.3, 0.4) is 0 Å². The van der Waals surface area contributed by atoms with Crippen molar-refractivity contribution in [3.63, 3.8) is 0 Å². The Balaban J connectivity index is 1.92. The van der Waals surface area contributed by atoms with Crippen LogP contribution in [0.25, 0.3) is 0 Å². The highest BCUT2D eigenvalue weighted by atomic mass is 15.1. The Morgan fingerprint density at radius 2 is 1.94 bits per heavy atom. The molecule has 0 bridgehead atoms. The molecule has 1 aromatic carbocycles. The summed E-state index contributed by atoms with van der Waals surface area (Å²) >= 11 is 0. The third-order valence-corrected chi connectivity index (χ3v) is 4.04. The molecular formula is C16H26N2. The summed E-state index contributed by atoms with van der Waals surface area (Å²) in [7, 11) is 4.18. The number of rotatable bonds is 4. The van der Waals surface area contributed by atoms with E-state index >= 15 is 0 Å². The summed E-state index contributed by atoms with van der Waals surface area (Å²) in [6.45, 7) is 5.99. The van der Waals surface area contributed by atoms with Crippen LogP contribution in [-0.2, 0) is 6.54 Å². The third-order valence-electron chi connectivity index (χ3n) is 4.04. The first kappa shape index (κ1) is 13.4. The zero-order chi connectivity index (χ0) is 13.0. The fourth-order valence-corrected chi connectivity index (χ4v) is 2.79. The third kappa shape index (κ3) is 3.49. The van der Waals surface area contributed by atoms with Crippen molar-refractivity contribution in [1.29, 1.82) is 0 Å². The van der Waals surface area contributed by atoms with Gasteiger partial charge < -0.3 is 4.90 Å². The van der Waals surface area contributed by atoms with Gasteiger partial charge in [-0.05, 0) is 43.0 Å². The van der Waals surface area contributed by atoms with Gasteiger partial charge in [-0.3, -0.25) is 4.90 Å². The first-order chi connectivity index (χ1) is 8.69. The molecule has 1 aromatic rings. The van der Waals surface area contributed by atoms with E-state index in [1.54, 1.807) is 0 Å². The maximum absolute atomic E-state index is 2.61. The molecule has 0 radical (unpaired) electrons. The van der Waals surface area contributed by atoms with Crippen LogP contribution in [0, 0.1) is 5.92 Å². The van der Waals surface area contributed by atoms with E-state index in [0.717, 1.165) is 12.5 Å². The Labute approximate surface area is 112 Å². The molecule has 1 saturated heterocycles. The lowest BCUT2D eigenvalue weighted by atomic mass is 9.95. The molecule has 2 nitrogen and oxygen atoms in total. The van der Waals surface area contributed by atoms with Crippen molar-refractivity contribution in [3.8, 4) is 0 Å². The van der Waals surface area contributed by atoms with E-state index in [1.807, 2.05) is 0 Å². The fraction of sp³-hybridized carbons (Fsp3) is 0.625. The van der Waals surface area contributed by atoms with E-state index in [4.69, 9.17) is 0 Å². The number of anilines is 1. The Kier molecular flexibility index (Phi) is 4.65. The molecule has 0 aromatic heterocycles. The minimum absolute atomic E-state index is 0.916. The van der Waals surface area contributed by atoms with Crippen molar-refractivity contribution in [2.75, 3.05) is 32.1 Å². The van der Waals surface area contributed by atoms with Crippen molar-refractivity contribution >= 4 is 5.69 Å². The predicted octanol–water partition coefficient (Wildman–Crippen LogP) is 3.37. The topological polar surface area (TPSA) is 6.48 Å². The van der Waals surface area contributed by atoms with Gasteiger partial charge in [-0.25, -0.2) is 0 Å². The minimum atomic E-state index is 0.916. The molecular weight excluding hydrogens is 220 g/mol. The van der Waals surface area contributed by atoms with E-state index < -0.39 is 0 Å². The van der Waals surface area contributed by atoms with Crippen molar-refractivity contribution in [3.05, 3.63) is 29.8 Å². The summed E-state index contributed by atoms with van der Waals surface area (Å²) in [6, 6.07) is 8.98. The average Bonchev–Trinajstić information content (AvgIpc) is 2.39. The molecule has 0 spiro atoms. The highest BCUT2D eigenvalue weighted by Crippen LogP contribution is 2.21. The largest absolute Gasteiger partial charge is 0.378 e. The van der Waals surface area contributed by atoms with Crippen LogP contribution < -0.4 is 4.90 Å². The second kappa shape index (κ2) is 6.24. The maximum atomic E-state index is 2.61. The number of nitrogens with zero attached hydrogens (tertiary/aromatic N) is 2. The number of hydrogen-bond donors (Lipinski definition) is 0. The molecule has 2 heteroatoms. The predicted molar refractivity (Wildman–Crippen MR) is 79.1 cm³/mol. The Bertz CT molecular complexity index is 356. The molecule has 0 aliphatic carbocycles. The molecule has 0 N–H and O–H groups in total. The van der Waals surface area contributed by atoms with Gasteiger partial charge in [0, 0.05) is 32.9 Å². The molecule has 1 fully saturated rings. The maximum Gasteiger partial charge on any atom is 0.0361 e. The Hall–Kier alpha value is -1.02. The Morgan fingerprint density at radius 1 is 1.22 bits per heavy atom. The first-order valence-electron chi connectivity index (χ1n) is 7.17. The normalized spacial score (nSPS) is 20.9. The van der Waals surface area contributed by atoms with Crippen molar-refractivity contribution in [2.24, 2.45) is 5.92 Å². The summed E-state index contributed by atoms with van der Waals surface area (Å²) in [5, 5.41) is 0. The molecule has 0 saturated carbocycles. The van der Waals surface area contributed by atoms with E-state index in [9.17, 15) is 0 Å². The smallest absolute Gasteiger partial charge is 0.0361 e. The number of piperidine rings is 1. The average molecular weight is 246 g/mol. The monoisotopic (exact) mass is 246 g/mol. The SMILES string of the molecule is CC[C@@H]1CCCN(Cc2ccc(N(C)C)cc2)C1. The summed E-state index contributed by atoms with van der Waals surface area (Å²) in [6.07, 6.45) is 4.12. The van der Waals surface area contributed by atoms with Crippen LogP contribution in [0.15, 0.2) is 24.3 Å². The Morgan fingerprint density at radius 3 is 2.56 bits per heavy atom. The highest BCUT2D eigenvalue weighted by Gasteiger charge is 2.18. The van der Waals surface area contributed by atoms with Gasteiger partial charge in [0.25, 0.3) is 0 Å². The van der Waals surface area contributed by atoms with E-state index in [2.05, 4.69) is 55.1 Å². The second-order valence-corrected chi connectivity index (χ2v) is 5.71. The van der Waals surface area contributed by atoms with Gasteiger partial charge in [0.15, 0.2) is 0 Å². The molecule has 1 atom stereocenters. The zero-order valence-corrected chi connectivity index (χ0v) is 12.0. The minimum Gasteiger partial charge on any atom is -0.378 e. The van der Waals surface area contributed by atoms with Crippen LogP contribution in [-0.4, -0.2) is 32.1 Å². The van der Waals surface area contributed by atoms with Gasteiger partial charge >= 0.3 is 0 Å². The zero-order valence-electron chi connectivity index (χ0n) is 12.0. The molecule has 2 rings (SSSR count). The van der Waals surface area contributed by atoms with Gasteiger partial charge in [0.05, 0.1) is 0 Å². The first-order valence-corrected chi connectivity index (χ1v) is 7.17. The lowest BCUT2D eigenvalue weighted by Gasteiger charge is -2.32. The standard InChI is InChI=1S/C16H26N2/c1-4-14-6-5-11-18(12-14)13-15-7-9-16(10-8-15)17(2)3/h7-10,14H,4-6,11-13H2,1-3H3/t14-/m1/s1. The van der Waals surface area contributed by atoms with E-state index in [1.165, 1.54) is 43.6 Å². The summed E-state index contributed by atoms with van der Waals surface area (Å²) in [4.78, 5) is 4.76. The molecule has 1 aliphatic rings. The summed E-state index contributed by atoms with van der Waals surface area (Å²) in [5.41, 5.74) is 2.72. The second-order valence-electron chi connectivity index (χ2n) is 5.71. The van der Waals surface area contributed by atoms with Gasteiger partial charge in [0.1, 0.15) is 0 Å². The van der Waals surface area contributed by atoms with E-state index in [-0.39, 0.29) is 0 Å². The summed E-state index contributed by atoms with van der Waals surface area (Å²) < 4.78 is 0. The molecule has 1 aliphatic heterocycles. The van der Waals surface area contributed by atoms with Crippen molar-refractivity contribution in [2.45, 2.75) is 32.7 Å². The molecule has 0 unspecified atom stereocenters. The summed E-state index contributed by atoms with van der Waals surface area (Å²) in [5.74, 6) is 0.916.